The van der Waals surface area contributed by atoms with Crippen LogP contribution < -0.4 is 0 Å². The number of aryl methyl sites for hydroxylation is 1. The van der Waals surface area contributed by atoms with Gasteiger partial charge in [-0.1, -0.05) is 19.3 Å². The van der Waals surface area contributed by atoms with Crippen LogP contribution in [0.5, 0.6) is 0 Å². The Bertz CT molecular complexity index is 519. The number of carbonyl (C=O) groups is 1. The maximum Gasteiger partial charge on any atom is 0.255 e. The molecule has 0 unspecified atom stereocenters. The van der Waals surface area contributed by atoms with Crippen molar-refractivity contribution < 1.29 is 9.90 Å². The van der Waals surface area contributed by atoms with E-state index in [1.807, 2.05) is 26.4 Å². The maximum atomic E-state index is 12.9. The molecule has 0 radical (unpaired) electrons. The minimum absolute atomic E-state index is 0.0271. The fourth-order valence-corrected chi connectivity index (χ4v) is 3.80. The molecule has 2 aliphatic rings. The Hall–Kier alpha value is -1.29. The van der Waals surface area contributed by atoms with Gasteiger partial charge in [0.2, 0.25) is 0 Å². The first-order valence-electron chi connectivity index (χ1n) is 8.20. The van der Waals surface area contributed by atoms with Crippen LogP contribution in [0.2, 0.25) is 0 Å². The summed E-state index contributed by atoms with van der Waals surface area (Å²) in [7, 11) is 3.87. The van der Waals surface area contributed by atoms with Crippen LogP contribution in [0.15, 0.2) is 12.3 Å². The van der Waals surface area contributed by atoms with Gasteiger partial charge in [0.15, 0.2) is 0 Å². The van der Waals surface area contributed by atoms with E-state index in [-0.39, 0.29) is 18.1 Å². The van der Waals surface area contributed by atoms with Gasteiger partial charge in [0.1, 0.15) is 0 Å². The predicted molar refractivity (Wildman–Crippen MR) is 82.4 cm³/mol. The van der Waals surface area contributed by atoms with Gasteiger partial charge >= 0.3 is 0 Å². The van der Waals surface area contributed by atoms with Crippen molar-refractivity contribution in [2.24, 2.45) is 7.05 Å². The van der Waals surface area contributed by atoms with Crippen LogP contribution in [0.4, 0.5) is 0 Å². The fourth-order valence-electron chi connectivity index (χ4n) is 3.80. The summed E-state index contributed by atoms with van der Waals surface area (Å²) in [6, 6.07) is 1.92. The Morgan fingerprint density at radius 3 is 2.57 bits per heavy atom. The van der Waals surface area contributed by atoms with Gasteiger partial charge in [0.05, 0.1) is 17.7 Å². The van der Waals surface area contributed by atoms with E-state index >= 15 is 0 Å². The summed E-state index contributed by atoms with van der Waals surface area (Å²) in [6.07, 6.45) is 9.15. The molecular formula is C17H26N2O2. The molecule has 1 aromatic rings. The van der Waals surface area contributed by atoms with E-state index in [1.165, 1.54) is 25.0 Å². The molecular weight excluding hydrogens is 264 g/mol. The van der Waals surface area contributed by atoms with Crippen LogP contribution in [0.25, 0.3) is 0 Å². The molecule has 0 saturated heterocycles. The average Bonchev–Trinajstić information content (AvgIpc) is 2.78. The third kappa shape index (κ3) is 2.61. The van der Waals surface area contributed by atoms with Crippen molar-refractivity contribution in [2.75, 3.05) is 7.05 Å². The molecule has 0 aliphatic heterocycles. The van der Waals surface area contributed by atoms with Crippen LogP contribution in [-0.2, 0) is 7.05 Å². The Morgan fingerprint density at radius 1 is 1.24 bits per heavy atom. The first-order valence-corrected chi connectivity index (χ1v) is 8.20. The van der Waals surface area contributed by atoms with Crippen molar-refractivity contribution in [1.82, 2.24) is 9.47 Å². The van der Waals surface area contributed by atoms with Crippen LogP contribution in [0, 0.1) is 0 Å². The Kier molecular flexibility index (Phi) is 4.07. The molecule has 1 N–H and O–H groups in total. The minimum Gasteiger partial charge on any atom is -0.391 e. The minimum atomic E-state index is -0.372. The quantitative estimate of drug-likeness (QED) is 0.930. The molecule has 1 amide bonds. The zero-order valence-corrected chi connectivity index (χ0v) is 13.1. The van der Waals surface area contributed by atoms with Gasteiger partial charge < -0.3 is 14.6 Å². The van der Waals surface area contributed by atoms with Crippen LogP contribution in [0.1, 0.15) is 66.9 Å². The predicted octanol–water partition coefficient (Wildman–Crippen LogP) is 2.67. The molecule has 116 valence electrons. The van der Waals surface area contributed by atoms with Crippen molar-refractivity contribution >= 4 is 5.91 Å². The van der Waals surface area contributed by atoms with Crippen LogP contribution >= 0.6 is 0 Å². The Balaban J connectivity index is 1.81. The van der Waals surface area contributed by atoms with Gasteiger partial charge in [-0.25, -0.2) is 0 Å². The van der Waals surface area contributed by atoms with Gasteiger partial charge in [0, 0.05) is 26.0 Å². The number of carbonyl (C=O) groups excluding carboxylic acids is 1. The summed E-state index contributed by atoms with van der Waals surface area (Å²) >= 11 is 0. The summed E-state index contributed by atoms with van der Waals surface area (Å²) in [5.41, 5.74) is 2.02. The van der Waals surface area contributed by atoms with Gasteiger partial charge in [-0.2, -0.15) is 0 Å². The number of amides is 1. The highest BCUT2D eigenvalue weighted by atomic mass is 16.3. The van der Waals surface area contributed by atoms with Crippen molar-refractivity contribution in [3.8, 4) is 0 Å². The Labute approximate surface area is 126 Å². The molecule has 1 heterocycles. The molecule has 0 spiro atoms. The second kappa shape index (κ2) is 5.84. The molecule has 21 heavy (non-hydrogen) atoms. The van der Waals surface area contributed by atoms with Crippen LogP contribution in [0.3, 0.4) is 0 Å². The highest BCUT2D eigenvalue weighted by molar-refractivity contribution is 5.95. The molecule has 4 nitrogen and oxygen atoms in total. The number of rotatable bonds is 3. The van der Waals surface area contributed by atoms with E-state index in [4.69, 9.17) is 0 Å². The third-order valence-corrected chi connectivity index (χ3v) is 5.35. The Morgan fingerprint density at radius 2 is 1.95 bits per heavy atom. The van der Waals surface area contributed by atoms with E-state index in [9.17, 15) is 9.90 Å². The lowest BCUT2D eigenvalue weighted by molar-refractivity contribution is 0.0266. The topological polar surface area (TPSA) is 45.5 Å². The van der Waals surface area contributed by atoms with Crippen LogP contribution in [-0.4, -0.2) is 39.7 Å². The second-order valence-corrected chi connectivity index (χ2v) is 6.69. The summed E-state index contributed by atoms with van der Waals surface area (Å²) < 4.78 is 2.10. The largest absolute Gasteiger partial charge is 0.391 e. The highest BCUT2D eigenvalue weighted by Crippen LogP contribution is 2.38. The van der Waals surface area contributed by atoms with E-state index in [2.05, 4.69) is 4.57 Å². The summed E-state index contributed by atoms with van der Waals surface area (Å²) in [5.74, 6) is 0.608. The molecule has 2 saturated carbocycles. The van der Waals surface area contributed by atoms with E-state index in [0.29, 0.717) is 5.92 Å². The van der Waals surface area contributed by atoms with Crippen molar-refractivity contribution in [1.29, 1.82) is 0 Å². The number of aliphatic hydroxyl groups is 1. The smallest absolute Gasteiger partial charge is 0.255 e. The standard InChI is InChI=1S/C17H26N2O2/c1-18-11-10-13(16(18)12-6-5-7-12)17(21)19(2)14-8-3-4-9-15(14)20/h10-12,14-15,20H,3-9H2,1-2H3/t14-,15-/m1/s1. The molecule has 2 aliphatic carbocycles. The van der Waals surface area contributed by atoms with Gasteiger partial charge in [0.25, 0.3) is 5.91 Å². The summed E-state index contributed by atoms with van der Waals surface area (Å²) in [4.78, 5) is 14.6. The SMILES string of the molecule is CN(C(=O)c1ccn(C)c1C1CCC1)[C@@H]1CCCC[C@H]1O. The van der Waals surface area contributed by atoms with Crippen molar-refractivity contribution in [3.05, 3.63) is 23.5 Å². The fraction of sp³-hybridized carbons (Fsp3) is 0.706. The molecule has 2 fully saturated rings. The lowest BCUT2D eigenvalue weighted by Gasteiger charge is -2.36. The lowest BCUT2D eigenvalue weighted by atomic mass is 9.81. The molecule has 0 aromatic carbocycles. The molecule has 2 atom stereocenters. The maximum absolute atomic E-state index is 12.9. The highest BCUT2D eigenvalue weighted by Gasteiger charge is 2.33. The van der Waals surface area contributed by atoms with E-state index in [1.54, 1.807) is 4.90 Å². The summed E-state index contributed by atoms with van der Waals surface area (Å²) in [6.45, 7) is 0. The average molecular weight is 290 g/mol. The zero-order chi connectivity index (χ0) is 15.0. The number of hydrogen-bond donors (Lipinski definition) is 1. The van der Waals surface area contributed by atoms with Gasteiger partial charge in [-0.3, -0.25) is 4.79 Å². The summed E-state index contributed by atoms with van der Waals surface area (Å²) in [5, 5.41) is 10.2. The van der Waals surface area contributed by atoms with Gasteiger partial charge in [-0.05, 0) is 37.7 Å². The van der Waals surface area contributed by atoms with E-state index < -0.39 is 0 Å². The van der Waals surface area contributed by atoms with Crippen molar-refractivity contribution in [3.63, 3.8) is 0 Å². The number of likely N-dealkylation sites (N-methyl/N-ethyl adjacent to an activating group) is 1. The second-order valence-electron chi connectivity index (χ2n) is 6.69. The lowest BCUT2D eigenvalue weighted by Crippen LogP contribution is -2.46. The zero-order valence-electron chi connectivity index (χ0n) is 13.1. The number of aromatic nitrogens is 1. The molecule has 1 aromatic heterocycles. The first kappa shape index (κ1) is 14.6. The first-order chi connectivity index (χ1) is 10.1. The molecule has 0 bridgehead atoms. The molecule has 3 rings (SSSR count). The number of hydrogen-bond acceptors (Lipinski definition) is 2. The molecule has 4 heteroatoms. The van der Waals surface area contributed by atoms with Gasteiger partial charge in [-0.15, -0.1) is 0 Å². The monoisotopic (exact) mass is 290 g/mol. The van der Waals surface area contributed by atoms with Crippen molar-refractivity contribution in [2.45, 2.75) is 63.0 Å². The normalized spacial score (nSPS) is 26.4. The third-order valence-electron chi connectivity index (χ3n) is 5.35. The number of aliphatic hydroxyl groups excluding tert-OH is 1. The number of nitrogens with zero attached hydrogens (tertiary/aromatic N) is 2. The van der Waals surface area contributed by atoms with E-state index in [0.717, 1.165) is 31.2 Å².